The SMILES string of the molecule is COC(=O)[C@H]1C(=O)NC(SCC(=O)Nc2ccccc2F)=C(C#N)[C@@H]1c1cccc(Br)c1. The summed E-state index contributed by atoms with van der Waals surface area (Å²) in [7, 11) is 1.17. The molecule has 0 unspecified atom stereocenters. The van der Waals surface area contributed by atoms with Gasteiger partial charge in [0, 0.05) is 10.4 Å². The number of anilines is 1. The second-order valence-corrected chi connectivity index (χ2v) is 8.60. The van der Waals surface area contributed by atoms with E-state index in [2.05, 4.69) is 32.6 Å². The molecule has 10 heteroatoms. The molecule has 2 aromatic rings. The number of carbonyl (C=O) groups is 3. The van der Waals surface area contributed by atoms with Crippen LogP contribution in [0.5, 0.6) is 0 Å². The van der Waals surface area contributed by atoms with Crippen molar-refractivity contribution in [3.05, 3.63) is 75.0 Å². The molecule has 0 saturated carbocycles. The molecule has 2 aromatic carbocycles. The number of amides is 2. The van der Waals surface area contributed by atoms with E-state index in [1.165, 1.54) is 25.3 Å². The predicted molar refractivity (Wildman–Crippen MR) is 121 cm³/mol. The van der Waals surface area contributed by atoms with E-state index in [9.17, 15) is 24.0 Å². The number of nitriles is 1. The number of ether oxygens (including phenoxy) is 1. The number of benzene rings is 2. The van der Waals surface area contributed by atoms with Crippen molar-refractivity contribution in [1.29, 1.82) is 5.26 Å². The summed E-state index contributed by atoms with van der Waals surface area (Å²) in [6, 6.07) is 14.7. The highest BCUT2D eigenvalue weighted by atomic mass is 79.9. The summed E-state index contributed by atoms with van der Waals surface area (Å²) >= 11 is 4.28. The molecule has 1 aliphatic rings. The molecule has 0 bridgehead atoms. The van der Waals surface area contributed by atoms with Gasteiger partial charge >= 0.3 is 5.97 Å². The fourth-order valence-corrected chi connectivity index (χ4v) is 4.53. The molecule has 3 rings (SSSR count). The molecule has 164 valence electrons. The lowest BCUT2D eigenvalue weighted by Crippen LogP contribution is -2.44. The molecular weight excluding hydrogens is 501 g/mol. The molecule has 32 heavy (non-hydrogen) atoms. The van der Waals surface area contributed by atoms with E-state index in [4.69, 9.17) is 4.74 Å². The number of nitrogens with one attached hydrogen (secondary N) is 2. The second kappa shape index (κ2) is 10.4. The van der Waals surface area contributed by atoms with Crippen LogP contribution in [-0.4, -0.2) is 30.6 Å². The lowest BCUT2D eigenvalue weighted by molar-refractivity contribution is -0.150. The normalized spacial score (nSPS) is 17.9. The summed E-state index contributed by atoms with van der Waals surface area (Å²) in [6.07, 6.45) is 0. The Labute approximate surface area is 196 Å². The van der Waals surface area contributed by atoms with Crippen LogP contribution in [-0.2, 0) is 19.1 Å². The molecule has 0 radical (unpaired) electrons. The number of nitrogens with zero attached hydrogens (tertiary/aromatic N) is 1. The second-order valence-electron chi connectivity index (χ2n) is 6.69. The van der Waals surface area contributed by atoms with Gasteiger partial charge in [-0.1, -0.05) is 52.0 Å². The molecule has 1 heterocycles. The van der Waals surface area contributed by atoms with E-state index in [1.54, 1.807) is 30.3 Å². The molecule has 2 N–H and O–H groups in total. The Morgan fingerprint density at radius 2 is 2.03 bits per heavy atom. The van der Waals surface area contributed by atoms with Gasteiger partial charge in [0.05, 0.1) is 35.2 Å². The molecular formula is C22H17BrFN3O4S. The van der Waals surface area contributed by atoms with E-state index in [0.29, 0.717) is 10.0 Å². The summed E-state index contributed by atoms with van der Waals surface area (Å²) in [5, 5.41) is 15.0. The number of halogens is 2. The van der Waals surface area contributed by atoms with Crippen molar-refractivity contribution in [3.63, 3.8) is 0 Å². The van der Waals surface area contributed by atoms with Crippen molar-refractivity contribution >= 4 is 51.2 Å². The number of rotatable bonds is 6. The van der Waals surface area contributed by atoms with Crippen LogP contribution in [0.3, 0.4) is 0 Å². The van der Waals surface area contributed by atoms with Gasteiger partial charge in [-0.15, -0.1) is 0 Å². The quantitative estimate of drug-likeness (QED) is 0.446. The maximum Gasteiger partial charge on any atom is 0.319 e. The summed E-state index contributed by atoms with van der Waals surface area (Å²) in [6.45, 7) is 0. The van der Waals surface area contributed by atoms with Crippen LogP contribution in [0.2, 0.25) is 0 Å². The van der Waals surface area contributed by atoms with Crippen LogP contribution < -0.4 is 10.6 Å². The van der Waals surface area contributed by atoms with Gasteiger partial charge in [-0.2, -0.15) is 5.26 Å². The molecule has 0 saturated heterocycles. The molecule has 2 amide bonds. The monoisotopic (exact) mass is 517 g/mol. The van der Waals surface area contributed by atoms with Gasteiger partial charge in [0.2, 0.25) is 11.8 Å². The highest BCUT2D eigenvalue weighted by molar-refractivity contribution is 9.10. The maximum absolute atomic E-state index is 13.8. The maximum atomic E-state index is 13.8. The average Bonchev–Trinajstić information content (AvgIpc) is 2.78. The zero-order valence-electron chi connectivity index (χ0n) is 16.7. The molecule has 7 nitrogen and oxygen atoms in total. The fourth-order valence-electron chi connectivity index (χ4n) is 3.27. The minimum Gasteiger partial charge on any atom is -0.468 e. The van der Waals surface area contributed by atoms with Crippen LogP contribution >= 0.6 is 27.7 Å². The first kappa shape index (κ1) is 23.5. The molecule has 0 aromatic heterocycles. The van der Waals surface area contributed by atoms with Crippen LogP contribution in [0.15, 0.2) is 63.6 Å². The zero-order chi connectivity index (χ0) is 23.3. The number of esters is 1. The Morgan fingerprint density at radius 1 is 1.28 bits per heavy atom. The van der Waals surface area contributed by atoms with Crippen molar-refractivity contribution < 1.29 is 23.5 Å². The van der Waals surface area contributed by atoms with E-state index in [1.807, 2.05) is 0 Å². The first-order valence-electron chi connectivity index (χ1n) is 9.31. The number of para-hydroxylation sites is 1. The Bertz CT molecular complexity index is 1150. The Morgan fingerprint density at radius 3 is 2.69 bits per heavy atom. The van der Waals surface area contributed by atoms with Crippen LogP contribution in [0, 0.1) is 23.1 Å². The number of thioether (sulfide) groups is 1. The number of hydrogen-bond donors (Lipinski definition) is 2. The van der Waals surface area contributed by atoms with Crippen molar-refractivity contribution in [2.45, 2.75) is 5.92 Å². The largest absolute Gasteiger partial charge is 0.468 e. The lowest BCUT2D eigenvalue weighted by atomic mass is 9.78. The standard InChI is InChI=1S/C22H17BrFN3O4S/c1-31-22(30)19-18(12-5-4-6-13(23)9-12)14(10-25)21(27-20(19)29)32-11-17(28)26-16-8-3-2-7-15(16)24/h2-9,18-19H,11H2,1H3,(H,26,28)(H,27,29)/t18-,19+/m0/s1. The van der Waals surface area contributed by atoms with Gasteiger partial charge < -0.3 is 15.4 Å². The predicted octanol–water partition coefficient (Wildman–Crippen LogP) is 3.70. The lowest BCUT2D eigenvalue weighted by Gasteiger charge is -2.31. The topological polar surface area (TPSA) is 108 Å². The Hall–Kier alpha value is -3.16. The molecule has 2 atom stereocenters. The Kier molecular flexibility index (Phi) is 7.66. The third-order valence-corrected chi connectivity index (χ3v) is 6.20. The number of allylic oxidation sites excluding steroid dienone is 1. The molecule has 1 aliphatic heterocycles. The number of methoxy groups -OCH3 is 1. The van der Waals surface area contributed by atoms with Gasteiger partial charge in [0.15, 0.2) is 0 Å². The summed E-state index contributed by atoms with van der Waals surface area (Å²) in [5.74, 6) is -4.86. The van der Waals surface area contributed by atoms with Crippen molar-refractivity contribution in [3.8, 4) is 6.07 Å². The Balaban J connectivity index is 1.90. The van der Waals surface area contributed by atoms with Crippen LogP contribution in [0.1, 0.15) is 11.5 Å². The highest BCUT2D eigenvalue weighted by Gasteiger charge is 2.44. The number of carbonyl (C=O) groups excluding carboxylic acids is 3. The minimum absolute atomic E-state index is 0.0260. The molecule has 0 aliphatic carbocycles. The molecule has 0 spiro atoms. The average molecular weight is 518 g/mol. The first-order valence-corrected chi connectivity index (χ1v) is 11.1. The van der Waals surface area contributed by atoms with Gasteiger partial charge in [-0.05, 0) is 29.8 Å². The summed E-state index contributed by atoms with van der Waals surface area (Å²) in [5.41, 5.74) is 0.718. The number of hydrogen-bond acceptors (Lipinski definition) is 6. The van der Waals surface area contributed by atoms with E-state index < -0.39 is 35.4 Å². The summed E-state index contributed by atoms with van der Waals surface area (Å²) < 4.78 is 19.3. The smallest absolute Gasteiger partial charge is 0.319 e. The zero-order valence-corrected chi connectivity index (χ0v) is 19.1. The highest BCUT2D eigenvalue weighted by Crippen LogP contribution is 2.40. The van der Waals surface area contributed by atoms with Gasteiger partial charge in [-0.3, -0.25) is 14.4 Å². The van der Waals surface area contributed by atoms with Crippen molar-refractivity contribution in [2.75, 3.05) is 18.2 Å². The first-order chi connectivity index (χ1) is 15.3. The van der Waals surface area contributed by atoms with Gasteiger partial charge in [0.25, 0.3) is 0 Å². The fraction of sp³-hybridized carbons (Fsp3) is 0.182. The minimum atomic E-state index is -1.26. The van der Waals surface area contributed by atoms with Crippen molar-refractivity contribution in [1.82, 2.24) is 5.32 Å². The third-order valence-electron chi connectivity index (χ3n) is 4.69. The summed E-state index contributed by atoms with van der Waals surface area (Å²) in [4.78, 5) is 37.5. The van der Waals surface area contributed by atoms with Gasteiger partial charge in [0.1, 0.15) is 11.7 Å². The van der Waals surface area contributed by atoms with Gasteiger partial charge in [-0.25, -0.2) is 4.39 Å². The van der Waals surface area contributed by atoms with E-state index in [0.717, 1.165) is 11.8 Å². The van der Waals surface area contributed by atoms with Crippen molar-refractivity contribution in [2.24, 2.45) is 5.92 Å². The van der Waals surface area contributed by atoms with Crippen LogP contribution in [0.4, 0.5) is 10.1 Å². The van der Waals surface area contributed by atoms with Crippen LogP contribution in [0.25, 0.3) is 0 Å². The third kappa shape index (κ3) is 5.18. The molecule has 0 fully saturated rings. The van der Waals surface area contributed by atoms with E-state index in [-0.39, 0.29) is 22.0 Å². The van der Waals surface area contributed by atoms with E-state index >= 15 is 0 Å².